The van der Waals surface area contributed by atoms with E-state index in [1.165, 1.54) is 12.1 Å². The van der Waals surface area contributed by atoms with E-state index in [0.717, 1.165) is 22.2 Å². The second-order valence-electron chi connectivity index (χ2n) is 8.91. The molecule has 1 unspecified atom stereocenters. The Morgan fingerprint density at radius 2 is 1.81 bits per heavy atom. The minimum atomic E-state index is -1.20. The number of carbonyl (C=O) groups is 1. The zero-order chi connectivity index (χ0) is 22.3. The number of aliphatic hydroxyl groups is 1. The molecule has 4 rings (SSSR count). The SMILES string of the molecule is CC(C)OC(O)C1=CN(C(=O)c2ccc(O)cc2)CC(C)(C)c2c1[nH]c1ccccc21. The second kappa shape index (κ2) is 7.87. The molecule has 0 aliphatic carbocycles. The number of H-pyrrole nitrogens is 1. The quantitative estimate of drug-likeness (QED) is 0.547. The molecular weight excluding hydrogens is 392 g/mol. The summed E-state index contributed by atoms with van der Waals surface area (Å²) in [4.78, 5) is 18.4. The third-order valence-electron chi connectivity index (χ3n) is 5.57. The summed E-state index contributed by atoms with van der Waals surface area (Å²) in [6, 6.07) is 14.2. The molecule has 0 radical (unpaired) electrons. The van der Waals surface area contributed by atoms with Gasteiger partial charge in [-0.15, -0.1) is 0 Å². The predicted molar refractivity (Wildman–Crippen MR) is 121 cm³/mol. The highest BCUT2D eigenvalue weighted by Crippen LogP contribution is 2.41. The minimum absolute atomic E-state index is 0.103. The lowest BCUT2D eigenvalue weighted by molar-refractivity contribution is -0.0859. The number of para-hydroxylation sites is 1. The van der Waals surface area contributed by atoms with Gasteiger partial charge in [-0.3, -0.25) is 4.79 Å². The number of rotatable bonds is 4. The Morgan fingerprint density at radius 1 is 1.13 bits per heavy atom. The number of aromatic nitrogens is 1. The first-order chi connectivity index (χ1) is 14.7. The number of phenolic OH excluding ortho intramolecular Hbond substituents is 1. The fraction of sp³-hybridized carbons (Fsp3) is 0.320. The van der Waals surface area contributed by atoms with E-state index in [0.29, 0.717) is 17.7 Å². The van der Waals surface area contributed by atoms with Gasteiger partial charge in [0.1, 0.15) is 5.75 Å². The van der Waals surface area contributed by atoms with Gasteiger partial charge >= 0.3 is 0 Å². The molecule has 6 heteroatoms. The summed E-state index contributed by atoms with van der Waals surface area (Å²) in [7, 11) is 0. The van der Waals surface area contributed by atoms with Crippen molar-refractivity contribution in [3.8, 4) is 5.75 Å². The first-order valence-corrected chi connectivity index (χ1v) is 10.4. The van der Waals surface area contributed by atoms with Gasteiger partial charge in [-0.25, -0.2) is 0 Å². The highest BCUT2D eigenvalue weighted by atomic mass is 16.6. The van der Waals surface area contributed by atoms with Gasteiger partial charge in [-0.05, 0) is 49.7 Å². The van der Waals surface area contributed by atoms with Gasteiger partial charge in [0.15, 0.2) is 6.29 Å². The molecule has 1 amide bonds. The molecule has 162 valence electrons. The van der Waals surface area contributed by atoms with E-state index in [1.54, 1.807) is 23.2 Å². The van der Waals surface area contributed by atoms with Crippen molar-refractivity contribution >= 4 is 22.4 Å². The number of hydrogen-bond donors (Lipinski definition) is 3. The van der Waals surface area contributed by atoms with E-state index >= 15 is 0 Å². The molecule has 1 aliphatic heterocycles. The van der Waals surface area contributed by atoms with Gasteiger partial charge in [-0.2, -0.15) is 0 Å². The van der Waals surface area contributed by atoms with Crippen LogP contribution in [0.5, 0.6) is 5.75 Å². The molecule has 31 heavy (non-hydrogen) atoms. The van der Waals surface area contributed by atoms with Crippen LogP contribution in [0.1, 0.15) is 49.3 Å². The summed E-state index contributed by atoms with van der Waals surface area (Å²) in [6.07, 6.45) is 0.294. The Kier molecular flexibility index (Phi) is 5.37. The van der Waals surface area contributed by atoms with Crippen LogP contribution in [0.4, 0.5) is 0 Å². The molecule has 3 aromatic rings. The number of amides is 1. The lowest BCUT2D eigenvalue weighted by Crippen LogP contribution is -2.37. The van der Waals surface area contributed by atoms with Crippen molar-refractivity contribution in [2.75, 3.05) is 6.54 Å². The number of benzene rings is 2. The van der Waals surface area contributed by atoms with Gasteiger partial charge < -0.3 is 24.8 Å². The lowest BCUT2D eigenvalue weighted by atomic mass is 9.81. The smallest absolute Gasteiger partial charge is 0.257 e. The summed E-state index contributed by atoms with van der Waals surface area (Å²) in [6.45, 7) is 8.32. The molecule has 0 saturated carbocycles. The highest BCUT2D eigenvalue weighted by molar-refractivity contribution is 5.97. The van der Waals surface area contributed by atoms with E-state index in [1.807, 2.05) is 32.0 Å². The molecule has 1 atom stereocenters. The highest BCUT2D eigenvalue weighted by Gasteiger charge is 2.37. The molecule has 2 heterocycles. The van der Waals surface area contributed by atoms with Crippen molar-refractivity contribution in [2.45, 2.75) is 45.5 Å². The van der Waals surface area contributed by atoms with Crippen LogP contribution in [0.25, 0.3) is 16.5 Å². The second-order valence-corrected chi connectivity index (χ2v) is 8.91. The van der Waals surface area contributed by atoms with Gasteiger partial charge in [0.25, 0.3) is 5.91 Å². The number of ether oxygens (including phenoxy) is 1. The van der Waals surface area contributed by atoms with Crippen molar-refractivity contribution in [1.82, 2.24) is 9.88 Å². The van der Waals surface area contributed by atoms with Gasteiger partial charge in [0.05, 0.1) is 11.8 Å². The maximum atomic E-state index is 13.3. The first kappa shape index (κ1) is 21.2. The van der Waals surface area contributed by atoms with Crippen molar-refractivity contribution in [3.63, 3.8) is 0 Å². The summed E-state index contributed by atoms with van der Waals surface area (Å²) in [5.74, 6) is -0.108. The van der Waals surface area contributed by atoms with Crippen molar-refractivity contribution in [1.29, 1.82) is 0 Å². The number of aromatic amines is 1. The van der Waals surface area contributed by atoms with E-state index in [2.05, 4.69) is 24.9 Å². The Bertz CT molecular complexity index is 1140. The Morgan fingerprint density at radius 3 is 2.48 bits per heavy atom. The van der Waals surface area contributed by atoms with Gasteiger partial charge in [0.2, 0.25) is 0 Å². The topological polar surface area (TPSA) is 85.8 Å². The molecule has 3 N–H and O–H groups in total. The molecule has 0 spiro atoms. The van der Waals surface area contributed by atoms with Crippen LogP contribution >= 0.6 is 0 Å². The molecule has 0 fully saturated rings. The normalized spacial score (nSPS) is 16.7. The predicted octanol–water partition coefficient (Wildman–Crippen LogP) is 4.39. The number of nitrogens with zero attached hydrogens (tertiary/aromatic N) is 1. The van der Waals surface area contributed by atoms with E-state index < -0.39 is 11.7 Å². The molecular formula is C25H28N2O4. The summed E-state index contributed by atoms with van der Waals surface area (Å²) in [5, 5.41) is 21.6. The summed E-state index contributed by atoms with van der Waals surface area (Å²) in [5.41, 5.74) is 3.36. The Balaban J connectivity index is 1.88. The third kappa shape index (κ3) is 3.96. The largest absolute Gasteiger partial charge is 0.508 e. The van der Waals surface area contributed by atoms with Crippen LogP contribution < -0.4 is 0 Å². The van der Waals surface area contributed by atoms with E-state index in [-0.39, 0.29) is 17.8 Å². The standard InChI is InChI=1S/C25H28N2O4/c1-15(2)31-24(30)19-13-27(23(29)16-9-11-17(28)12-10-16)14-25(3,4)21-18-7-5-6-8-20(18)26-22(19)21/h5-13,15,24,26,28,30H,14H2,1-4H3. The molecule has 1 aliphatic rings. The van der Waals surface area contributed by atoms with Gasteiger partial charge in [-0.1, -0.05) is 32.0 Å². The lowest BCUT2D eigenvalue weighted by Gasteiger charge is -2.29. The van der Waals surface area contributed by atoms with Crippen LogP contribution in [0, 0.1) is 0 Å². The zero-order valence-corrected chi connectivity index (χ0v) is 18.2. The third-order valence-corrected chi connectivity index (χ3v) is 5.57. The van der Waals surface area contributed by atoms with E-state index in [9.17, 15) is 15.0 Å². The molecule has 2 aromatic carbocycles. The van der Waals surface area contributed by atoms with Gasteiger partial charge in [0, 0.05) is 40.2 Å². The average Bonchev–Trinajstić information content (AvgIpc) is 3.05. The summed E-state index contributed by atoms with van der Waals surface area (Å²) >= 11 is 0. The minimum Gasteiger partial charge on any atom is -0.508 e. The summed E-state index contributed by atoms with van der Waals surface area (Å²) < 4.78 is 5.71. The molecule has 0 saturated heterocycles. The molecule has 0 bridgehead atoms. The van der Waals surface area contributed by atoms with Crippen molar-refractivity contribution in [3.05, 3.63) is 71.6 Å². The van der Waals surface area contributed by atoms with Crippen LogP contribution in [-0.2, 0) is 10.2 Å². The number of hydrogen-bond acceptors (Lipinski definition) is 4. The maximum Gasteiger partial charge on any atom is 0.257 e. The number of carbonyl (C=O) groups excluding carboxylic acids is 1. The van der Waals surface area contributed by atoms with E-state index in [4.69, 9.17) is 4.74 Å². The Labute approximate surface area is 181 Å². The first-order valence-electron chi connectivity index (χ1n) is 10.4. The number of fused-ring (bicyclic) bond motifs is 3. The van der Waals surface area contributed by atoms with Crippen molar-refractivity contribution in [2.24, 2.45) is 0 Å². The Hall–Kier alpha value is -3.09. The molecule has 6 nitrogen and oxygen atoms in total. The number of aromatic hydroxyl groups is 1. The fourth-order valence-corrected chi connectivity index (χ4v) is 4.26. The van der Waals surface area contributed by atoms with Crippen LogP contribution in [0.2, 0.25) is 0 Å². The van der Waals surface area contributed by atoms with Crippen LogP contribution in [0.3, 0.4) is 0 Å². The number of phenols is 1. The maximum absolute atomic E-state index is 13.3. The number of nitrogens with one attached hydrogen (secondary N) is 1. The average molecular weight is 421 g/mol. The monoisotopic (exact) mass is 420 g/mol. The molecule has 1 aromatic heterocycles. The van der Waals surface area contributed by atoms with Crippen molar-refractivity contribution < 1.29 is 19.7 Å². The number of aliphatic hydroxyl groups excluding tert-OH is 1. The van der Waals surface area contributed by atoms with Crippen LogP contribution in [0.15, 0.2) is 54.7 Å². The zero-order valence-electron chi connectivity index (χ0n) is 18.2. The van der Waals surface area contributed by atoms with Crippen LogP contribution in [-0.4, -0.2) is 44.9 Å². The fourth-order valence-electron chi connectivity index (χ4n) is 4.26.